The van der Waals surface area contributed by atoms with Crippen LogP contribution in [-0.4, -0.2) is 10.2 Å². The number of anilines is 1. The van der Waals surface area contributed by atoms with Crippen molar-refractivity contribution in [2.24, 2.45) is 5.92 Å². The standard InChI is InChI=1S/C14H18ClN3S/c1-9(2)6-13-17-18-14(19-13)16-8-11-5-4-10(3)12(15)7-11/h4-5,7,9H,6,8H2,1-3H3,(H,16,18). The lowest BCUT2D eigenvalue weighted by Gasteiger charge is -2.04. The van der Waals surface area contributed by atoms with E-state index in [1.54, 1.807) is 11.3 Å². The number of aryl methyl sites for hydroxylation is 1. The van der Waals surface area contributed by atoms with Gasteiger partial charge in [-0.3, -0.25) is 0 Å². The lowest BCUT2D eigenvalue weighted by atomic mass is 10.1. The Labute approximate surface area is 123 Å². The summed E-state index contributed by atoms with van der Waals surface area (Å²) in [7, 11) is 0. The van der Waals surface area contributed by atoms with Crippen LogP contribution in [0.5, 0.6) is 0 Å². The molecule has 3 nitrogen and oxygen atoms in total. The Balaban J connectivity index is 1.94. The third kappa shape index (κ3) is 4.18. The molecule has 2 aromatic rings. The van der Waals surface area contributed by atoms with Crippen molar-refractivity contribution in [1.82, 2.24) is 10.2 Å². The van der Waals surface area contributed by atoms with E-state index in [1.807, 2.05) is 19.1 Å². The molecule has 0 saturated carbocycles. The van der Waals surface area contributed by atoms with Gasteiger partial charge in [-0.25, -0.2) is 0 Å². The highest BCUT2D eigenvalue weighted by Crippen LogP contribution is 2.20. The molecule has 0 fully saturated rings. The second-order valence-electron chi connectivity index (χ2n) is 5.04. The molecular formula is C14H18ClN3S. The number of nitrogens with one attached hydrogen (secondary N) is 1. The van der Waals surface area contributed by atoms with Gasteiger partial charge in [0.2, 0.25) is 5.13 Å². The van der Waals surface area contributed by atoms with Crippen LogP contribution in [0.15, 0.2) is 18.2 Å². The number of hydrogen-bond acceptors (Lipinski definition) is 4. The molecule has 1 N–H and O–H groups in total. The molecule has 0 amide bonds. The molecule has 1 heterocycles. The van der Waals surface area contributed by atoms with Gasteiger partial charge < -0.3 is 5.32 Å². The van der Waals surface area contributed by atoms with Gasteiger partial charge in [0, 0.05) is 18.0 Å². The Morgan fingerprint density at radius 1 is 1.32 bits per heavy atom. The van der Waals surface area contributed by atoms with Gasteiger partial charge in [-0.1, -0.05) is 48.9 Å². The molecule has 19 heavy (non-hydrogen) atoms. The Kier molecular flexibility index (Phi) is 4.77. The van der Waals surface area contributed by atoms with Crippen molar-refractivity contribution < 1.29 is 0 Å². The zero-order valence-corrected chi connectivity index (χ0v) is 13.0. The summed E-state index contributed by atoms with van der Waals surface area (Å²) in [6.45, 7) is 7.09. The number of halogens is 1. The maximum absolute atomic E-state index is 6.10. The number of nitrogens with zero attached hydrogens (tertiary/aromatic N) is 2. The predicted octanol–water partition coefficient (Wildman–Crippen LogP) is 4.31. The van der Waals surface area contributed by atoms with E-state index in [0.29, 0.717) is 5.92 Å². The van der Waals surface area contributed by atoms with E-state index in [-0.39, 0.29) is 0 Å². The van der Waals surface area contributed by atoms with Crippen LogP contribution in [0.25, 0.3) is 0 Å². The van der Waals surface area contributed by atoms with Crippen LogP contribution < -0.4 is 5.32 Å². The lowest BCUT2D eigenvalue weighted by Crippen LogP contribution is -1.99. The second-order valence-corrected chi connectivity index (χ2v) is 6.51. The SMILES string of the molecule is Cc1ccc(CNc2nnc(CC(C)C)s2)cc1Cl. The maximum atomic E-state index is 6.10. The lowest BCUT2D eigenvalue weighted by molar-refractivity contribution is 0.640. The monoisotopic (exact) mass is 295 g/mol. The third-order valence-corrected chi connectivity index (χ3v) is 4.04. The van der Waals surface area contributed by atoms with E-state index in [1.165, 1.54) is 0 Å². The molecule has 5 heteroatoms. The highest BCUT2D eigenvalue weighted by Gasteiger charge is 2.06. The van der Waals surface area contributed by atoms with E-state index in [2.05, 4.69) is 35.4 Å². The molecule has 1 aromatic carbocycles. The maximum Gasteiger partial charge on any atom is 0.205 e. The Morgan fingerprint density at radius 2 is 2.11 bits per heavy atom. The van der Waals surface area contributed by atoms with Crippen LogP contribution in [0.2, 0.25) is 5.02 Å². The minimum Gasteiger partial charge on any atom is -0.356 e. The van der Waals surface area contributed by atoms with Gasteiger partial charge in [0.15, 0.2) is 0 Å². The quantitative estimate of drug-likeness (QED) is 0.893. The van der Waals surface area contributed by atoms with Crippen LogP contribution in [0.4, 0.5) is 5.13 Å². The summed E-state index contributed by atoms with van der Waals surface area (Å²) in [6, 6.07) is 6.09. The van der Waals surface area contributed by atoms with Crippen LogP contribution in [0.1, 0.15) is 30.0 Å². The van der Waals surface area contributed by atoms with E-state index >= 15 is 0 Å². The van der Waals surface area contributed by atoms with Crippen molar-refractivity contribution in [3.8, 4) is 0 Å². The van der Waals surface area contributed by atoms with Gasteiger partial charge in [-0.05, 0) is 30.0 Å². The minimum absolute atomic E-state index is 0.608. The van der Waals surface area contributed by atoms with Crippen molar-refractivity contribution in [3.05, 3.63) is 39.4 Å². The summed E-state index contributed by atoms with van der Waals surface area (Å²) in [5.74, 6) is 0.608. The Bertz CT molecular complexity index is 551. The van der Waals surface area contributed by atoms with Crippen molar-refractivity contribution in [2.75, 3.05) is 5.32 Å². The molecule has 0 aliphatic heterocycles. The van der Waals surface area contributed by atoms with Crippen LogP contribution in [0, 0.1) is 12.8 Å². The number of aromatic nitrogens is 2. The van der Waals surface area contributed by atoms with Crippen LogP contribution in [-0.2, 0) is 13.0 Å². The molecule has 0 atom stereocenters. The fourth-order valence-corrected chi connectivity index (χ4v) is 2.83. The Hall–Kier alpha value is -1.13. The minimum atomic E-state index is 0.608. The molecule has 0 aliphatic carbocycles. The van der Waals surface area contributed by atoms with E-state index < -0.39 is 0 Å². The first-order valence-electron chi connectivity index (χ1n) is 6.36. The van der Waals surface area contributed by atoms with E-state index in [4.69, 9.17) is 11.6 Å². The molecule has 2 rings (SSSR count). The molecule has 0 unspecified atom stereocenters. The topological polar surface area (TPSA) is 37.8 Å². The summed E-state index contributed by atoms with van der Waals surface area (Å²) in [6.07, 6.45) is 0.982. The summed E-state index contributed by atoms with van der Waals surface area (Å²) in [4.78, 5) is 0. The average molecular weight is 296 g/mol. The Morgan fingerprint density at radius 3 is 2.79 bits per heavy atom. The van der Waals surface area contributed by atoms with Gasteiger partial charge >= 0.3 is 0 Å². The summed E-state index contributed by atoms with van der Waals surface area (Å²) < 4.78 is 0. The largest absolute Gasteiger partial charge is 0.356 e. The zero-order chi connectivity index (χ0) is 13.8. The fourth-order valence-electron chi connectivity index (χ4n) is 1.68. The molecule has 102 valence electrons. The van der Waals surface area contributed by atoms with Gasteiger partial charge in [-0.15, -0.1) is 10.2 Å². The van der Waals surface area contributed by atoms with E-state index in [9.17, 15) is 0 Å². The molecule has 0 spiro atoms. The van der Waals surface area contributed by atoms with Gasteiger partial charge in [0.05, 0.1) is 0 Å². The zero-order valence-electron chi connectivity index (χ0n) is 11.4. The molecule has 0 aliphatic rings. The van der Waals surface area contributed by atoms with Crippen molar-refractivity contribution in [3.63, 3.8) is 0 Å². The van der Waals surface area contributed by atoms with Crippen LogP contribution >= 0.6 is 22.9 Å². The van der Waals surface area contributed by atoms with E-state index in [0.717, 1.165) is 39.3 Å². The smallest absolute Gasteiger partial charge is 0.205 e. The van der Waals surface area contributed by atoms with Crippen molar-refractivity contribution in [2.45, 2.75) is 33.7 Å². The molecular weight excluding hydrogens is 278 g/mol. The van der Waals surface area contributed by atoms with Crippen molar-refractivity contribution >= 4 is 28.1 Å². The van der Waals surface area contributed by atoms with Gasteiger partial charge in [0.25, 0.3) is 0 Å². The number of hydrogen-bond donors (Lipinski definition) is 1. The summed E-state index contributed by atoms with van der Waals surface area (Å²) >= 11 is 7.73. The molecule has 1 aromatic heterocycles. The fraction of sp³-hybridized carbons (Fsp3) is 0.429. The highest BCUT2D eigenvalue weighted by molar-refractivity contribution is 7.15. The number of benzene rings is 1. The highest BCUT2D eigenvalue weighted by atomic mass is 35.5. The first-order chi connectivity index (χ1) is 9.04. The van der Waals surface area contributed by atoms with Crippen molar-refractivity contribution in [1.29, 1.82) is 0 Å². The first-order valence-corrected chi connectivity index (χ1v) is 7.55. The normalized spacial score (nSPS) is 11.0. The average Bonchev–Trinajstić information content (AvgIpc) is 2.77. The van der Waals surface area contributed by atoms with Gasteiger partial charge in [0.1, 0.15) is 5.01 Å². The summed E-state index contributed by atoms with van der Waals surface area (Å²) in [5, 5.41) is 14.4. The molecule has 0 saturated heterocycles. The van der Waals surface area contributed by atoms with Gasteiger partial charge in [-0.2, -0.15) is 0 Å². The molecule has 0 bridgehead atoms. The molecule has 0 radical (unpaired) electrons. The predicted molar refractivity (Wildman–Crippen MR) is 82.0 cm³/mol. The third-order valence-electron chi connectivity index (χ3n) is 2.73. The number of rotatable bonds is 5. The summed E-state index contributed by atoms with van der Waals surface area (Å²) in [5.41, 5.74) is 2.25. The second kappa shape index (κ2) is 6.35. The first kappa shape index (κ1) is 14.3. The van der Waals surface area contributed by atoms with Crippen LogP contribution in [0.3, 0.4) is 0 Å².